The molecule has 0 saturated carbocycles. The summed E-state index contributed by atoms with van der Waals surface area (Å²) in [4.78, 5) is 12.2. The number of ether oxygens (including phenoxy) is 1. The van der Waals surface area contributed by atoms with Crippen LogP contribution in [0.4, 0.5) is 0 Å². The van der Waals surface area contributed by atoms with Gasteiger partial charge < -0.3 is 4.74 Å². The first kappa shape index (κ1) is 18.4. The maximum absolute atomic E-state index is 12.2. The van der Waals surface area contributed by atoms with E-state index in [4.69, 9.17) is 4.74 Å². The van der Waals surface area contributed by atoms with Crippen LogP contribution in [0, 0.1) is 0 Å². The molecule has 0 bridgehead atoms. The summed E-state index contributed by atoms with van der Waals surface area (Å²) in [7, 11) is -1.18. The quantitative estimate of drug-likeness (QED) is 0.427. The average Bonchev–Trinajstić information content (AvgIpc) is 2.69. The van der Waals surface area contributed by atoms with Crippen molar-refractivity contribution in [2.75, 3.05) is 6.61 Å². The Bertz CT molecular complexity index is 780. The predicted octanol–water partition coefficient (Wildman–Crippen LogP) is 4.58. The van der Waals surface area contributed by atoms with Crippen LogP contribution >= 0.6 is 7.92 Å². The van der Waals surface area contributed by atoms with Crippen molar-refractivity contribution in [1.82, 2.24) is 0 Å². The number of benzene rings is 2. The lowest BCUT2D eigenvalue weighted by atomic mass is 10.1. The number of rotatable bonds is 6. The molecule has 0 saturated heterocycles. The Labute approximate surface area is 156 Å². The number of hydrogen-bond donors (Lipinski definition) is 0. The maximum atomic E-state index is 12.2. The number of carbonyl (C=O) groups excluding carboxylic acids is 1. The van der Waals surface area contributed by atoms with Gasteiger partial charge in [-0.1, -0.05) is 55.5 Å². The predicted molar refractivity (Wildman–Crippen MR) is 112 cm³/mol. The van der Waals surface area contributed by atoms with E-state index in [0.717, 1.165) is 18.4 Å². The van der Waals surface area contributed by atoms with Gasteiger partial charge in [-0.3, -0.25) is 0 Å². The molecule has 0 N–H and O–H groups in total. The molecule has 0 aliphatic heterocycles. The van der Waals surface area contributed by atoms with Crippen molar-refractivity contribution >= 4 is 24.5 Å². The molecule has 1 aliphatic rings. The number of esters is 1. The third-order valence-corrected chi connectivity index (χ3v) is 7.07. The zero-order chi connectivity index (χ0) is 18.2. The molecule has 0 amide bonds. The van der Waals surface area contributed by atoms with E-state index in [9.17, 15) is 4.79 Å². The van der Waals surface area contributed by atoms with Crippen molar-refractivity contribution in [2.24, 2.45) is 0 Å². The first-order valence-corrected chi connectivity index (χ1v) is 10.5. The zero-order valence-corrected chi connectivity index (χ0v) is 16.0. The van der Waals surface area contributed by atoms with Gasteiger partial charge in [-0.05, 0) is 43.2 Å². The van der Waals surface area contributed by atoms with Gasteiger partial charge in [0, 0.05) is 11.6 Å². The summed E-state index contributed by atoms with van der Waals surface area (Å²) in [5, 5.41) is 3.89. The van der Waals surface area contributed by atoms with E-state index in [-0.39, 0.29) is 5.97 Å². The van der Waals surface area contributed by atoms with Crippen LogP contribution in [0.15, 0.2) is 95.9 Å². The Kier molecular flexibility index (Phi) is 6.57. The molecule has 2 aromatic carbocycles. The smallest absolute Gasteiger partial charge is 0.331 e. The van der Waals surface area contributed by atoms with Crippen molar-refractivity contribution < 1.29 is 9.53 Å². The topological polar surface area (TPSA) is 26.3 Å². The van der Waals surface area contributed by atoms with Crippen LogP contribution in [0.5, 0.6) is 0 Å². The fourth-order valence-corrected chi connectivity index (χ4v) is 5.80. The van der Waals surface area contributed by atoms with Crippen LogP contribution in [0.3, 0.4) is 0 Å². The van der Waals surface area contributed by atoms with E-state index in [1.165, 1.54) is 15.9 Å². The van der Waals surface area contributed by atoms with Crippen LogP contribution in [-0.4, -0.2) is 12.6 Å². The largest absolute Gasteiger partial charge is 0.463 e. The highest BCUT2D eigenvalue weighted by atomic mass is 31.1. The lowest BCUT2D eigenvalue weighted by Gasteiger charge is -2.17. The summed E-state index contributed by atoms with van der Waals surface area (Å²) >= 11 is 0. The Morgan fingerprint density at radius 1 is 1.04 bits per heavy atom. The van der Waals surface area contributed by atoms with Gasteiger partial charge >= 0.3 is 5.97 Å². The molecular weight excluding hydrogens is 339 g/mol. The molecule has 132 valence electrons. The normalized spacial score (nSPS) is 15.2. The van der Waals surface area contributed by atoms with E-state index in [0.29, 0.717) is 6.61 Å². The molecule has 0 heterocycles. The number of hydrogen-bond acceptors (Lipinski definition) is 2. The van der Waals surface area contributed by atoms with Crippen LogP contribution in [0.25, 0.3) is 0 Å². The summed E-state index contributed by atoms with van der Waals surface area (Å²) in [5.74, 6) is -0.245. The molecule has 1 aliphatic carbocycles. The summed E-state index contributed by atoms with van der Waals surface area (Å²) < 4.78 is 5.28. The molecule has 0 atom stereocenters. The molecule has 0 fully saturated rings. The second-order valence-corrected chi connectivity index (χ2v) is 8.60. The minimum absolute atomic E-state index is 0.245. The van der Waals surface area contributed by atoms with Gasteiger partial charge in [0.1, 0.15) is 15.9 Å². The summed E-state index contributed by atoms with van der Waals surface area (Å²) in [6.45, 7) is 2.47. The molecular formula is C23H24O2P+. The molecule has 0 spiro atoms. The molecule has 2 aromatic rings. The van der Waals surface area contributed by atoms with Gasteiger partial charge in [0.05, 0.1) is 14.5 Å². The highest BCUT2D eigenvalue weighted by Gasteiger charge is 2.30. The fraction of sp³-hybridized carbons (Fsp3) is 0.174. The van der Waals surface area contributed by atoms with E-state index >= 15 is 0 Å². The van der Waals surface area contributed by atoms with Crippen LogP contribution < -0.4 is 10.6 Å². The van der Waals surface area contributed by atoms with Gasteiger partial charge in [0.15, 0.2) is 0 Å². The molecule has 3 rings (SSSR count). The van der Waals surface area contributed by atoms with E-state index in [1.807, 2.05) is 19.1 Å². The van der Waals surface area contributed by atoms with Crippen LogP contribution in [-0.2, 0) is 9.53 Å². The molecule has 0 unspecified atom stereocenters. The number of allylic oxidation sites excluding steroid dienone is 5. The van der Waals surface area contributed by atoms with E-state index in [2.05, 4.69) is 66.8 Å². The third-order valence-electron chi connectivity index (χ3n) is 4.22. The highest BCUT2D eigenvalue weighted by molar-refractivity contribution is 7.77. The third kappa shape index (κ3) is 4.59. The Morgan fingerprint density at radius 2 is 1.65 bits per heavy atom. The minimum atomic E-state index is -1.18. The lowest BCUT2D eigenvalue weighted by molar-refractivity contribution is -0.137. The van der Waals surface area contributed by atoms with Gasteiger partial charge in [-0.15, -0.1) is 0 Å². The second kappa shape index (κ2) is 9.31. The first-order chi connectivity index (χ1) is 12.8. The highest BCUT2D eigenvalue weighted by Crippen LogP contribution is 2.48. The SMILES string of the molecule is CCCOC(=O)C=C1CC=CC=C1[PH+](c1ccccc1)c1ccccc1. The van der Waals surface area contributed by atoms with Crippen molar-refractivity contribution in [3.05, 3.63) is 95.9 Å². The van der Waals surface area contributed by atoms with Gasteiger partial charge in [0.25, 0.3) is 0 Å². The summed E-state index contributed by atoms with van der Waals surface area (Å²) in [6.07, 6.45) is 9.64. The molecule has 0 radical (unpaired) electrons. The van der Waals surface area contributed by atoms with Crippen molar-refractivity contribution in [1.29, 1.82) is 0 Å². The lowest BCUT2D eigenvalue weighted by Crippen LogP contribution is -2.15. The van der Waals surface area contributed by atoms with E-state index < -0.39 is 7.92 Å². The average molecular weight is 363 g/mol. The van der Waals surface area contributed by atoms with Gasteiger partial charge in [-0.25, -0.2) is 4.79 Å². The van der Waals surface area contributed by atoms with Crippen molar-refractivity contribution in [3.8, 4) is 0 Å². The Morgan fingerprint density at radius 3 is 2.23 bits per heavy atom. The molecule has 26 heavy (non-hydrogen) atoms. The fourth-order valence-electron chi connectivity index (χ4n) is 3.03. The molecule has 3 heteroatoms. The standard InChI is InChI=1S/C23H23O2P/c1-2-17-25-23(24)18-19-11-9-10-16-22(19)26(20-12-5-3-6-13-20)21-14-7-4-8-15-21/h3-10,12-16,18H,2,11,17H2,1H3/p+1. The number of carbonyl (C=O) groups is 1. The molecule has 2 nitrogen and oxygen atoms in total. The Balaban J connectivity index is 2.01. The van der Waals surface area contributed by atoms with Gasteiger partial charge in [-0.2, -0.15) is 0 Å². The second-order valence-electron chi connectivity index (χ2n) is 6.16. The van der Waals surface area contributed by atoms with Crippen LogP contribution in [0.1, 0.15) is 19.8 Å². The Hall–Kier alpha value is -2.44. The van der Waals surface area contributed by atoms with E-state index in [1.54, 1.807) is 6.08 Å². The zero-order valence-electron chi connectivity index (χ0n) is 15.0. The minimum Gasteiger partial charge on any atom is -0.463 e. The summed E-state index contributed by atoms with van der Waals surface area (Å²) in [5.41, 5.74) is 1.06. The summed E-state index contributed by atoms with van der Waals surface area (Å²) in [6, 6.07) is 21.2. The maximum Gasteiger partial charge on any atom is 0.331 e. The molecule has 0 aromatic heterocycles. The first-order valence-electron chi connectivity index (χ1n) is 9.02. The monoisotopic (exact) mass is 363 g/mol. The van der Waals surface area contributed by atoms with Crippen molar-refractivity contribution in [3.63, 3.8) is 0 Å². The van der Waals surface area contributed by atoms with Gasteiger partial charge in [0.2, 0.25) is 0 Å². The van der Waals surface area contributed by atoms with Crippen LogP contribution in [0.2, 0.25) is 0 Å². The van der Waals surface area contributed by atoms with Crippen molar-refractivity contribution in [2.45, 2.75) is 19.8 Å².